The van der Waals surface area contributed by atoms with Crippen molar-refractivity contribution in [2.45, 2.75) is 6.10 Å². The van der Waals surface area contributed by atoms with E-state index in [1.165, 1.54) is 6.20 Å². The van der Waals surface area contributed by atoms with Crippen molar-refractivity contribution in [3.63, 3.8) is 0 Å². The van der Waals surface area contributed by atoms with Crippen LogP contribution in [0.5, 0.6) is 5.88 Å². The summed E-state index contributed by atoms with van der Waals surface area (Å²) < 4.78 is 10.8. The lowest BCUT2D eigenvalue weighted by Gasteiger charge is -2.33. The number of hydrogen-bond donors (Lipinski definition) is 0. The van der Waals surface area contributed by atoms with Gasteiger partial charge in [0.2, 0.25) is 5.88 Å². The molecule has 0 saturated carbocycles. The van der Waals surface area contributed by atoms with Crippen molar-refractivity contribution in [2.24, 2.45) is 0 Å². The van der Waals surface area contributed by atoms with E-state index in [9.17, 15) is 4.79 Å². The molecule has 2 aromatic rings. The summed E-state index contributed by atoms with van der Waals surface area (Å²) in [6, 6.07) is 7.24. The summed E-state index contributed by atoms with van der Waals surface area (Å²) in [6.45, 7) is 1.61. The molecule has 6 nitrogen and oxygen atoms in total. The maximum absolute atomic E-state index is 12.6. The minimum Gasteiger partial charge on any atom is -0.481 e. The number of carbonyl (C=O) groups excluding carboxylic acids is 1. The van der Waals surface area contributed by atoms with Gasteiger partial charge in [-0.1, -0.05) is 0 Å². The third kappa shape index (κ3) is 3.07. The molecule has 1 saturated heterocycles. The molecular weight excluding hydrogens is 282 g/mol. The highest BCUT2D eigenvalue weighted by atomic mass is 16.5. The van der Waals surface area contributed by atoms with Gasteiger partial charge in [-0.3, -0.25) is 9.78 Å². The summed E-state index contributed by atoms with van der Waals surface area (Å²) in [5.74, 6) is 0.450. The SMILES string of the molecule is COc1ccc(C(=O)N2CCO[C@H](c3ccncc3)C2)cn1. The number of rotatable bonds is 3. The Bertz CT molecular complexity index is 631. The Hall–Kier alpha value is -2.47. The first kappa shape index (κ1) is 14.5. The first-order valence-electron chi connectivity index (χ1n) is 7.09. The van der Waals surface area contributed by atoms with E-state index in [1.54, 1.807) is 36.5 Å². The van der Waals surface area contributed by atoms with Crippen molar-refractivity contribution in [2.75, 3.05) is 26.8 Å². The number of amides is 1. The highest BCUT2D eigenvalue weighted by Crippen LogP contribution is 2.22. The van der Waals surface area contributed by atoms with E-state index in [-0.39, 0.29) is 12.0 Å². The van der Waals surface area contributed by atoms with Crippen LogP contribution in [0.2, 0.25) is 0 Å². The molecule has 1 aliphatic heterocycles. The fraction of sp³-hybridized carbons (Fsp3) is 0.312. The van der Waals surface area contributed by atoms with Gasteiger partial charge in [-0.05, 0) is 23.8 Å². The van der Waals surface area contributed by atoms with Crippen molar-refractivity contribution >= 4 is 5.91 Å². The normalized spacial score (nSPS) is 18.0. The first-order valence-corrected chi connectivity index (χ1v) is 7.09. The minimum atomic E-state index is -0.119. The summed E-state index contributed by atoms with van der Waals surface area (Å²) >= 11 is 0. The molecule has 0 radical (unpaired) electrons. The van der Waals surface area contributed by atoms with Gasteiger partial charge >= 0.3 is 0 Å². The van der Waals surface area contributed by atoms with Crippen molar-refractivity contribution < 1.29 is 14.3 Å². The highest BCUT2D eigenvalue weighted by Gasteiger charge is 2.26. The molecule has 0 bridgehead atoms. The molecule has 3 rings (SSSR count). The summed E-state index contributed by atoms with van der Waals surface area (Å²) in [5, 5.41) is 0. The Morgan fingerprint density at radius 1 is 1.32 bits per heavy atom. The average Bonchev–Trinajstić information content (AvgIpc) is 2.62. The second-order valence-corrected chi connectivity index (χ2v) is 4.98. The molecule has 0 aromatic carbocycles. The van der Waals surface area contributed by atoms with E-state index >= 15 is 0 Å². The Balaban J connectivity index is 1.72. The largest absolute Gasteiger partial charge is 0.481 e. The molecule has 1 atom stereocenters. The van der Waals surface area contributed by atoms with E-state index in [0.29, 0.717) is 31.1 Å². The number of nitrogens with zero attached hydrogens (tertiary/aromatic N) is 3. The smallest absolute Gasteiger partial charge is 0.255 e. The third-order valence-corrected chi connectivity index (χ3v) is 3.62. The zero-order valence-electron chi connectivity index (χ0n) is 12.3. The van der Waals surface area contributed by atoms with Crippen LogP contribution in [-0.4, -0.2) is 47.6 Å². The van der Waals surface area contributed by atoms with Crippen molar-refractivity contribution in [3.8, 4) is 5.88 Å². The van der Waals surface area contributed by atoms with E-state index in [4.69, 9.17) is 9.47 Å². The molecule has 114 valence electrons. The molecule has 22 heavy (non-hydrogen) atoms. The Morgan fingerprint density at radius 2 is 2.14 bits per heavy atom. The van der Waals surface area contributed by atoms with Gasteiger partial charge in [-0.15, -0.1) is 0 Å². The van der Waals surface area contributed by atoms with Crippen LogP contribution >= 0.6 is 0 Å². The number of morpholine rings is 1. The van der Waals surface area contributed by atoms with Crippen LogP contribution in [0.25, 0.3) is 0 Å². The number of methoxy groups -OCH3 is 1. The fourth-order valence-electron chi connectivity index (χ4n) is 2.42. The summed E-state index contributed by atoms with van der Waals surface area (Å²) in [4.78, 5) is 22.4. The molecule has 2 aromatic heterocycles. The van der Waals surface area contributed by atoms with Gasteiger partial charge in [0.1, 0.15) is 6.10 Å². The number of hydrogen-bond acceptors (Lipinski definition) is 5. The summed E-state index contributed by atoms with van der Waals surface area (Å²) in [7, 11) is 1.55. The van der Waals surface area contributed by atoms with Gasteiger partial charge < -0.3 is 14.4 Å². The molecule has 0 N–H and O–H groups in total. The minimum absolute atomic E-state index is 0.0440. The Kier molecular flexibility index (Phi) is 4.29. The Morgan fingerprint density at radius 3 is 2.82 bits per heavy atom. The zero-order chi connectivity index (χ0) is 15.4. The fourth-order valence-corrected chi connectivity index (χ4v) is 2.42. The molecular formula is C16H17N3O3. The van der Waals surface area contributed by atoms with E-state index < -0.39 is 0 Å². The number of carbonyl (C=O) groups is 1. The van der Waals surface area contributed by atoms with Gasteiger partial charge in [-0.25, -0.2) is 4.98 Å². The molecule has 1 fully saturated rings. The van der Waals surface area contributed by atoms with Crippen LogP contribution < -0.4 is 4.74 Å². The lowest BCUT2D eigenvalue weighted by Crippen LogP contribution is -2.42. The van der Waals surface area contributed by atoms with Crippen molar-refractivity contribution in [1.29, 1.82) is 0 Å². The van der Waals surface area contributed by atoms with Gasteiger partial charge in [0.05, 0.1) is 25.8 Å². The second kappa shape index (κ2) is 6.53. The molecule has 3 heterocycles. The van der Waals surface area contributed by atoms with Crippen LogP contribution in [-0.2, 0) is 4.74 Å². The average molecular weight is 299 g/mol. The van der Waals surface area contributed by atoms with Crippen LogP contribution in [0, 0.1) is 0 Å². The van der Waals surface area contributed by atoms with E-state index in [0.717, 1.165) is 5.56 Å². The van der Waals surface area contributed by atoms with Crippen molar-refractivity contribution in [3.05, 3.63) is 54.0 Å². The first-order chi connectivity index (χ1) is 10.8. The topological polar surface area (TPSA) is 64.5 Å². The Labute approximate surface area is 128 Å². The van der Waals surface area contributed by atoms with Crippen LogP contribution in [0.1, 0.15) is 22.0 Å². The van der Waals surface area contributed by atoms with Crippen molar-refractivity contribution in [1.82, 2.24) is 14.9 Å². The molecule has 0 unspecified atom stereocenters. The predicted molar refractivity (Wildman–Crippen MR) is 79.6 cm³/mol. The van der Waals surface area contributed by atoms with Gasteiger partial charge in [0.15, 0.2) is 0 Å². The quantitative estimate of drug-likeness (QED) is 0.863. The summed E-state index contributed by atoms with van der Waals surface area (Å²) in [6.07, 6.45) is 4.88. The zero-order valence-corrected chi connectivity index (χ0v) is 12.3. The summed E-state index contributed by atoms with van der Waals surface area (Å²) in [5.41, 5.74) is 1.58. The monoisotopic (exact) mass is 299 g/mol. The van der Waals surface area contributed by atoms with Gasteiger partial charge in [-0.2, -0.15) is 0 Å². The standard InChI is InChI=1S/C16H17N3O3/c1-21-15-3-2-13(10-18-15)16(20)19-8-9-22-14(11-19)12-4-6-17-7-5-12/h2-7,10,14H,8-9,11H2,1H3/t14-/m0/s1. The lowest BCUT2D eigenvalue weighted by molar-refractivity contribution is -0.0228. The van der Waals surface area contributed by atoms with Gasteiger partial charge in [0, 0.05) is 31.2 Å². The van der Waals surface area contributed by atoms with Crippen LogP contribution in [0.15, 0.2) is 42.9 Å². The van der Waals surface area contributed by atoms with E-state index in [2.05, 4.69) is 9.97 Å². The third-order valence-electron chi connectivity index (χ3n) is 3.62. The van der Waals surface area contributed by atoms with Crippen LogP contribution in [0.4, 0.5) is 0 Å². The predicted octanol–water partition coefficient (Wildman–Crippen LogP) is 1.70. The number of ether oxygens (including phenoxy) is 2. The molecule has 1 amide bonds. The molecule has 1 aliphatic rings. The highest BCUT2D eigenvalue weighted by molar-refractivity contribution is 5.94. The maximum atomic E-state index is 12.6. The number of pyridine rings is 2. The molecule has 0 spiro atoms. The second-order valence-electron chi connectivity index (χ2n) is 4.98. The molecule has 0 aliphatic carbocycles. The van der Waals surface area contributed by atoms with E-state index in [1.807, 2.05) is 12.1 Å². The van der Waals surface area contributed by atoms with Crippen LogP contribution in [0.3, 0.4) is 0 Å². The number of aromatic nitrogens is 2. The maximum Gasteiger partial charge on any atom is 0.255 e. The van der Waals surface area contributed by atoms with Gasteiger partial charge in [0.25, 0.3) is 5.91 Å². The lowest BCUT2D eigenvalue weighted by atomic mass is 10.1. The molecule has 6 heteroatoms.